The molecule has 0 spiro atoms. The summed E-state index contributed by atoms with van der Waals surface area (Å²) in [4.78, 5) is 38.8. The van der Waals surface area contributed by atoms with E-state index in [1.807, 2.05) is 0 Å². The zero-order valence-corrected chi connectivity index (χ0v) is 12.8. The molecule has 0 radical (unpaired) electrons. The maximum absolute atomic E-state index is 13.5. The van der Waals surface area contributed by atoms with Gasteiger partial charge in [0.15, 0.2) is 0 Å². The molecule has 1 saturated heterocycles. The second-order valence-corrected chi connectivity index (χ2v) is 5.47. The Morgan fingerprint density at radius 1 is 1.26 bits per heavy atom. The van der Waals surface area contributed by atoms with E-state index in [1.165, 1.54) is 9.80 Å². The van der Waals surface area contributed by atoms with Crippen LogP contribution in [0.5, 0.6) is 0 Å². The molecule has 0 unspecified atom stereocenters. The summed E-state index contributed by atoms with van der Waals surface area (Å²) in [6.07, 6.45) is 1.08. The van der Waals surface area contributed by atoms with Gasteiger partial charge in [0, 0.05) is 26.7 Å². The van der Waals surface area contributed by atoms with Crippen LogP contribution in [-0.4, -0.2) is 54.2 Å². The molecule has 1 aliphatic heterocycles. The number of likely N-dealkylation sites (N-methyl/N-ethyl adjacent to an activating group) is 1. The normalized spacial score (nSPS) is 17.0. The van der Waals surface area contributed by atoms with E-state index >= 15 is 0 Å². The van der Waals surface area contributed by atoms with Gasteiger partial charge in [-0.05, 0) is 25.0 Å². The summed E-state index contributed by atoms with van der Waals surface area (Å²) in [5.74, 6) is -4.01. The predicted molar refractivity (Wildman–Crippen MR) is 78.4 cm³/mol. The van der Waals surface area contributed by atoms with Crippen LogP contribution in [0.25, 0.3) is 0 Å². The molecule has 1 heterocycles. The Morgan fingerprint density at radius 2 is 1.96 bits per heavy atom. The molecule has 0 saturated carbocycles. The Bertz CT molecular complexity index is 649. The van der Waals surface area contributed by atoms with Crippen molar-refractivity contribution in [2.75, 3.05) is 26.0 Å². The number of carbonyl (C=O) groups excluding carboxylic acids is 3. The largest absolute Gasteiger partial charge is 0.347 e. The quantitative estimate of drug-likeness (QED) is 0.824. The first-order valence-electron chi connectivity index (χ1n) is 7.09. The van der Waals surface area contributed by atoms with E-state index in [2.05, 4.69) is 5.32 Å². The molecule has 0 aliphatic carbocycles. The van der Waals surface area contributed by atoms with Crippen LogP contribution in [-0.2, 0) is 14.4 Å². The molecule has 23 heavy (non-hydrogen) atoms. The van der Waals surface area contributed by atoms with E-state index in [-0.39, 0.29) is 18.1 Å². The van der Waals surface area contributed by atoms with Gasteiger partial charge in [0.2, 0.25) is 5.91 Å². The summed E-state index contributed by atoms with van der Waals surface area (Å²) < 4.78 is 26.4. The van der Waals surface area contributed by atoms with Gasteiger partial charge in [0.1, 0.15) is 17.7 Å². The SMILES string of the molecule is CN(C)C(=O)[C@@H]1CCCN1C(=O)C(=O)Nc1ccc(F)cc1F. The molecule has 3 amide bonds. The third-order valence-corrected chi connectivity index (χ3v) is 3.61. The number of carbonyl (C=O) groups is 3. The van der Waals surface area contributed by atoms with Gasteiger partial charge < -0.3 is 15.1 Å². The van der Waals surface area contributed by atoms with Crippen LogP contribution in [0, 0.1) is 11.6 Å². The first kappa shape index (κ1) is 16.9. The molecule has 8 heteroatoms. The highest BCUT2D eigenvalue weighted by Crippen LogP contribution is 2.20. The van der Waals surface area contributed by atoms with Crippen LogP contribution in [0.1, 0.15) is 12.8 Å². The summed E-state index contributed by atoms with van der Waals surface area (Å²) in [6.45, 7) is 0.280. The number of hydrogen-bond acceptors (Lipinski definition) is 3. The van der Waals surface area contributed by atoms with Crippen molar-refractivity contribution in [1.82, 2.24) is 9.80 Å². The highest BCUT2D eigenvalue weighted by Gasteiger charge is 2.37. The average molecular weight is 325 g/mol. The summed E-state index contributed by atoms with van der Waals surface area (Å²) in [6, 6.07) is 1.91. The van der Waals surface area contributed by atoms with E-state index in [9.17, 15) is 23.2 Å². The second-order valence-electron chi connectivity index (χ2n) is 5.47. The fourth-order valence-corrected chi connectivity index (χ4v) is 2.46. The second kappa shape index (κ2) is 6.72. The van der Waals surface area contributed by atoms with Crippen molar-refractivity contribution in [2.45, 2.75) is 18.9 Å². The lowest BCUT2D eigenvalue weighted by Gasteiger charge is -2.25. The van der Waals surface area contributed by atoms with Gasteiger partial charge in [-0.2, -0.15) is 0 Å². The number of nitrogens with one attached hydrogen (secondary N) is 1. The molecule has 1 N–H and O–H groups in total. The minimum absolute atomic E-state index is 0.267. The van der Waals surface area contributed by atoms with Crippen LogP contribution in [0.2, 0.25) is 0 Å². The van der Waals surface area contributed by atoms with E-state index in [0.717, 1.165) is 12.1 Å². The summed E-state index contributed by atoms with van der Waals surface area (Å²) in [5, 5.41) is 2.11. The first-order chi connectivity index (χ1) is 10.8. The Morgan fingerprint density at radius 3 is 2.57 bits per heavy atom. The first-order valence-corrected chi connectivity index (χ1v) is 7.09. The predicted octanol–water partition coefficient (Wildman–Crippen LogP) is 0.982. The number of hydrogen-bond donors (Lipinski definition) is 1. The smallest absolute Gasteiger partial charge is 0.314 e. The summed E-state index contributed by atoms with van der Waals surface area (Å²) in [5.41, 5.74) is -0.292. The number of anilines is 1. The van der Waals surface area contributed by atoms with Gasteiger partial charge >= 0.3 is 11.8 Å². The number of rotatable bonds is 2. The lowest BCUT2D eigenvalue weighted by Crippen LogP contribution is -2.49. The van der Waals surface area contributed by atoms with Gasteiger partial charge in [-0.25, -0.2) is 8.78 Å². The van der Waals surface area contributed by atoms with Gasteiger partial charge in [0.05, 0.1) is 5.69 Å². The molecule has 0 bridgehead atoms. The number of benzene rings is 1. The maximum atomic E-state index is 13.5. The Kier molecular flexibility index (Phi) is 4.92. The van der Waals surface area contributed by atoms with Crippen molar-refractivity contribution in [2.24, 2.45) is 0 Å². The minimum atomic E-state index is -1.06. The van der Waals surface area contributed by atoms with E-state index < -0.39 is 29.5 Å². The Hall–Kier alpha value is -2.51. The third-order valence-electron chi connectivity index (χ3n) is 3.61. The van der Waals surface area contributed by atoms with Crippen LogP contribution in [0.15, 0.2) is 18.2 Å². The van der Waals surface area contributed by atoms with Gasteiger partial charge in [-0.3, -0.25) is 14.4 Å². The van der Waals surface area contributed by atoms with Gasteiger partial charge in [0.25, 0.3) is 0 Å². The van der Waals surface area contributed by atoms with Crippen molar-refractivity contribution >= 4 is 23.4 Å². The van der Waals surface area contributed by atoms with E-state index in [0.29, 0.717) is 18.9 Å². The molecular formula is C15H17F2N3O3. The topological polar surface area (TPSA) is 69.7 Å². The Labute approximate surface area is 132 Å². The molecule has 1 aromatic rings. The number of amides is 3. The molecule has 1 fully saturated rings. The average Bonchev–Trinajstić information content (AvgIpc) is 2.97. The van der Waals surface area contributed by atoms with E-state index in [4.69, 9.17) is 0 Å². The molecule has 124 valence electrons. The van der Waals surface area contributed by atoms with Crippen molar-refractivity contribution in [3.63, 3.8) is 0 Å². The number of likely N-dealkylation sites (tertiary alicyclic amines) is 1. The summed E-state index contributed by atoms with van der Waals surface area (Å²) in [7, 11) is 3.13. The molecular weight excluding hydrogens is 308 g/mol. The van der Waals surface area contributed by atoms with Crippen LogP contribution < -0.4 is 5.32 Å². The third kappa shape index (κ3) is 3.64. The molecule has 6 nitrogen and oxygen atoms in total. The molecule has 1 aromatic carbocycles. The maximum Gasteiger partial charge on any atom is 0.314 e. The van der Waals surface area contributed by atoms with Crippen molar-refractivity contribution in [3.8, 4) is 0 Å². The van der Waals surface area contributed by atoms with Gasteiger partial charge in [-0.1, -0.05) is 0 Å². The fraction of sp³-hybridized carbons (Fsp3) is 0.400. The highest BCUT2D eigenvalue weighted by molar-refractivity contribution is 6.40. The van der Waals surface area contributed by atoms with E-state index in [1.54, 1.807) is 14.1 Å². The zero-order chi connectivity index (χ0) is 17.1. The number of halogens is 2. The minimum Gasteiger partial charge on any atom is -0.347 e. The summed E-state index contributed by atoms with van der Waals surface area (Å²) >= 11 is 0. The molecule has 1 atom stereocenters. The van der Waals surface area contributed by atoms with Crippen LogP contribution in [0.3, 0.4) is 0 Å². The molecule has 0 aromatic heterocycles. The lowest BCUT2D eigenvalue weighted by molar-refractivity contribution is -0.147. The lowest BCUT2D eigenvalue weighted by atomic mass is 10.2. The fourth-order valence-electron chi connectivity index (χ4n) is 2.46. The highest BCUT2D eigenvalue weighted by atomic mass is 19.1. The van der Waals surface area contributed by atoms with Crippen molar-refractivity contribution < 1.29 is 23.2 Å². The number of nitrogens with zero attached hydrogens (tertiary/aromatic N) is 2. The van der Waals surface area contributed by atoms with Gasteiger partial charge in [-0.15, -0.1) is 0 Å². The van der Waals surface area contributed by atoms with Crippen molar-refractivity contribution in [1.29, 1.82) is 0 Å². The Balaban J connectivity index is 2.10. The van der Waals surface area contributed by atoms with Crippen LogP contribution >= 0.6 is 0 Å². The van der Waals surface area contributed by atoms with Crippen molar-refractivity contribution in [3.05, 3.63) is 29.8 Å². The monoisotopic (exact) mass is 325 g/mol. The zero-order valence-electron chi connectivity index (χ0n) is 12.8. The standard InChI is InChI=1S/C15H17F2N3O3/c1-19(2)14(22)12-4-3-7-20(12)15(23)13(21)18-11-6-5-9(16)8-10(11)17/h5-6,8,12H,3-4,7H2,1-2H3,(H,18,21)/t12-/m0/s1. The van der Waals surface area contributed by atoms with Crippen LogP contribution in [0.4, 0.5) is 14.5 Å². The molecule has 2 rings (SSSR count). The molecule has 1 aliphatic rings.